The highest BCUT2D eigenvalue weighted by Crippen LogP contribution is 2.32. The first-order chi connectivity index (χ1) is 9.03. The molecular formula is C13H22N2O4. The first kappa shape index (κ1) is 14.3. The maximum Gasteiger partial charge on any atom is 0.329 e. The summed E-state index contributed by atoms with van der Waals surface area (Å²) < 4.78 is 5.26. The number of ether oxygens (including phenoxy) is 1. The van der Waals surface area contributed by atoms with E-state index in [2.05, 4.69) is 10.2 Å². The normalized spacial score (nSPS) is 24.3. The van der Waals surface area contributed by atoms with Crippen LogP contribution in [0.5, 0.6) is 0 Å². The molecule has 1 saturated carbocycles. The Balaban J connectivity index is 1.83. The first-order valence-corrected chi connectivity index (χ1v) is 6.89. The molecule has 6 nitrogen and oxygen atoms in total. The Morgan fingerprint density at radius 3 is 2.47 bits per heavy atom. The van der Waals surface area contributed by atoms with E-state index in [-0.39, 0.29) is 11.8 Å². The third kappa shape index (κ3) is 3.25. The van der Waals surface area contributed by atoms with Gasteiger partial charge in [-0.2, -0.15) is 0 Å². The van der Waals surface area contributed by atoms with E-state index in [1.165, 1.54) is 0 Å². The average molecular weight is 270 g/mol. The van der Waals surface area contributed by atoms with E-state index in [1.54, 1.807) is 0 Å². The lowest BCUT2D eigenvalue weighted by molar-refractivity contribution is -0.152. The van der Waals surface area contributed by atoms with Crippen LogP contribution in [-0.4, -0.2) is 60.3 Å². The van der Waals surface area contributed by atoms with E-state index in [4.69, 9.17) is 4.74 Å². The van der Waals surface area contributed by atoms with Gasteiger partial charge in [0.05, 0.1) is 13.2 Å². The summed E-state index contributed by atoms with van der Waals surface area (Å²) in [5, 5.41) is 11.9. The van der Waals surface area contributed by atoms with Crippen molar-refractivity contribution < 1.29 is 19.4 Å². The van der Waals surface area contributed by atoms with E-state index in [0.717, 1.165) is 19.5 Å². The Morgan fingerprint density at radius 2 is 2.00 bits per heavy atom. The third-order valence-electron chi connectivity index (χ3n) is 4.06. The standard InChI is InChI=1S/C13H22N2O4/c1-10(9-15-5-7-19-8-6-15)11(16)14-13(12(17)18)3-2-4-13/h10H,2-9H2,1H3,(H,14,16)(H,17,18). The molecule has 108 valence electrons. The lowest BCUT2D eigenvalue weighted by Gasteiger charge is -2.39. The predicted molar refractivity (Wildman–Crippen MR) is 68.8 cm³/mol. The van der Waals surface area contributed by atoms with Crippen LogP contribution in [0.4, 0.5) is 0 Å². The Kier molecular flexibility index (Phi) is 4.42. The first-order valence-electron chi connectivity index (χ1n) is 6.89. The van der Waals surface area contributed by atoms with Crippen molar-refractivity contribution in [1.29, 1.82) is 0 Å². The molecule has 2 fully saturated rings. The van der Waals surface area contributed by atoms with Crippen LogP contribution in [0, 0.1) is 5.92 Å². The lowest BCUT2D eigenvalue weighted by Crippen LogP contribution is -2.60. The predicted octanol–water partition coefficient (Wildman–Crippen LogP) is 0.0782. The molecule has 0 aromatic rings. The number of carboxylic acids is 1. The van der Waals surface area contributed by atoms with Gasteiger partial charge in [0.25, 0.3) is 0 Å². The molecule has 0 bridgehead atoms. The van der Waals surface area contributed by atoms with Gasteiger partial charge in [-0.15, -0.1) is 0 Å². The van der Waals surface area contributed by atoms with Gasteiger partial charge in [0, 0.05) is 25.6 Å². The number of rotatable bonds is 5. The van der Waals surface area contributed by atoms with Crippen LogP contribution in [0.25, 0.3) is 0 Å². The minimum atomic E-state index is -1.00. The summed E-state index contributed by atoms with van der Waals surface area (Å²) in [5.74, 6) is -1.27. The molecule has 1 unspecified atom stereocenters. The van der Waals surface area contributed by atoms with E-state index >= 15 is 0 Å². The number of hydrogen-bond acceptors (Lipinski definition) is 4. The quantitative estimate of drug-likeness (QED) is 0.739. The zero-order chi connectivity index (χ0) is 13.9. The SMILES string of the molecule is CC(CN1CCOCC1)C(=O)NC1(C(=O)O)CCC1. The summed E-state index contributed by atoms with van der Waals surface area (Å²) in [6.07, 6.45) is 1.95. The summed E-state index contributed by atoms with van der Waals surface area (Å²) in [5.41, 5.74) is -1.00. The molecule has 1 atom stereocenters. The van der Waals surface area contributed by atoms with Crippen LogP contribution >= 0.6 is 0 Å². The molecule has 0 spiro atoms. The van der Waals surface area contributed by atoms with Crippen molar-refractivity contribution in [3.63, 3.8) is 0 Å². The molecule has 1 aliphatic heterocycles. The van der Waals surface area contributed by atoms with Crippen LogP contribution in [0.15, 0.2) is 0 Å². The highest BCUT2D eigenvalue weighted by atomic mass is 16.5. The number of carbonyl (C=O) groups excluding carboxylic acids is 1. The molecule has 1 aliphatic carbocycles. The summed E-state index contributed by atoms with van der Waals surface area (Å²) >= 11 is 0. The van der Waals surface area contributed by atoms with Gasteiger partial charge in [0.1, 0.15) is 5.54 Å². The van der Waals surface area contributed by atoms with Gasteiger partial charge in [0.15, 0.2) is 0 Å². The third-order valence-corrected chi connectivity index (χ3v) is 4.06. The number of carboxylic acid groups (broad SMARTS) is 1. The van der Waals surface area contributed by atoms with Crippen molar-refractivity contribution in [3.05, 3.63) is 0 Å². The molecule has 0 radical (unpaired) electrons. The second kappa shape index (κ2) is 5.88. The second-order valence-electron chi connectivity index (χ2n) is 5.54. The van der Waals surface area contributed by atoms with Crippen molar-refractivity contribution in [2.45, 2.75) is 31.7 Å². The molecule has 0 aromatic heterocycles. The van der Waals surface area contributed by atoms with Crippen LogP contribution in [0.1, 0.15) is 26.2 Å². The van der Waals surface area contributed by atoms with Gasteiger partial charge < -0.3 is 15.2 Å². The Bertz CT molecular complexity index is 349. The van der Waals surface area contributed by atoms with Gasteiger partial charge >= 0.3 is 5.97 Å². The van der Waals surface area contributed by atoms with Crippen LogP contribution < -0.4 is 5.32 Å². The van der Waals surface area contributed by atoms with E-state index in [9.17, 15) is 14.7 Å². The molecule has 1 saturated heterocycles. The fraction of sp³-hybridized carbons (Fsp3) is 0.846. The van der Waals surface area contributed by atoms with Crippen molar-refractivity contribution in [3.8, 4) is 0 Å². The second-order valence-corrected chi connectivity index (χ2v) is 5.54. The molecule has 2 aliphatic rings. The molecule has 19 heavy (non-hydrogen) atoms. The van der Waals surface area contributed by atoms with Gasteiger partial charge in [-0.05, 0) is 19.3 Å². The molecule has 6 heteroatoms. The van der Waals surface area contributed by atoms with Crippen LogP contribution in [0.3, 0.4) is 0 Å². The zero-order valence-electron chi connectivity index (χ0n) is 11.4. The van der Waals surface area contributed by atoms with Gasteiger partial charge in [-0.3, -0.25) is 9.69 Å². The highest BCUT2D eigenvalue weighted by molar-refractivity contribution is 5.88. The largest absolute Gasteiger partial charge is 0.480 e. The summed E-state index contributed by atoms with van der Waals surface area (Å²) in [7, 11) is 0. The molecule has 1 heterocycles. The molecule has 2 rings (SSSR count). The van der Waals surface area contributed by atoms with E-state index in [0.29, 0.717) is 32.6 Å². The number of nitrogens with one attached hydrogen (secondary N) is 1. The van der Waals surface area contributed by atoms with E-state index < -0.39 is 11.5 Å². The highest BCUT2D eigenvalue weighted by Gasteiger charge is 2.46. The Hall–Kier alpha value is -1.14. The number of aliphatic carboxylic acids is 1. The topological polar surface area (TPSA) is 78.9 Å². The van der Waals surface area contributed by atoms with Crippen LogP contribution in [0.2, 0.25) is 0 Å². The number of carbonyl (C=O) groups is 2. The fourth-order valence-electron chi connectivity index (χ4n) is 2.54. The molecule has 0 aromatic carbocycles. The minimum absolute atomic E-state index is 0.159. The number of hydrogen-bond donors (Lipinski definition) is 2. The van der Waals surface area contributed by atoms with Crippen LogP contribution in [-0.2, 0) is 14.3 Å². The number of nitrogens with zero attached hydrogens (tertiary/aromatic N) is 1. The maximum atomic E-state index is 12.1. The number of morpholine rings is 1. The minimum Gasteiger partial charge on any atom is -0.480 e. The van der Waals surface area contributed by atoms with Crippen molar-refractivity contribution in [2.24, 2.45) is 5.92 Å². The average Bonchev–Trinajstić information content (AvgIpc) is 2.34. The maximum absolute atomic E-state index is 12.1. The van der Waals surface area contributed by atoms with Gasteiger partial charge in [-0.1, -0.05) is 6.92 Å². The molecule has 2 N–H and O–H groups in total. The van der Waals surface area contributed by atoms with Crippen molar-refractivity contribution >= 4 is 11.9 Å². The van der Waals surface area contributed by atoms with Gasteiger partial charge in [0.2, 0.25) is 5.91 Å². The summed E-state index contributed by atoms with van der Waals surface area (Å²) in [6.45, 7) is 5.58. The lowest BCUT2D eigenvalue weighted by atomic mass is 9.76. The van der Waals surface area contributed by atoms with Crippen molar-refractivity contribution in [2.75, 3.05) is 32.8 Å². The summed E-state index contributed by atoms with van der Waals surface area (Å²) in [6, 6.07) is 0. The smallest absolute Gasteiger partial charge is 0.329 e. The number of amides is 1. The molecule has 1 amide bonds. The summed E-state index contributed by atoms with van der Waals surface area (Å²) in [4.78, 5) is 25.5. The van der Waals surface area contributed by atoms with E-state index in [1.807, 2.05) is 6.92 Å². The Labute approximate surface area is 113 Å². The van der Waals surface area contributed by atoms with Crippen molar-refractivity contribution in [1.82, 2.24) is 10.2 Å². The molecular weight excluding hydrogens is 248 g/mol. The van der Waals surface area contributed by atoms with Gasteiger partial charge in [-0.25, -0.2) is 4.79 Å². The fourth-order valence-corrected chi connectivity index (χ4v) is 2.54. The Morgan fingerprint density at radius 1 is 1.37 bits per heavy atom. The zero-order valence-corrected chi connectivity index (χ0v) is 11.4. The monoisotopic (exact) mass is 270 g/mol.